The summed E-state index contributed by atoms with van der Waals surface area (Å²) in [4.78, 5) is 30.7. The molecule has 174 valence electrons. The van der Waals surface area contributed by atoms with Gasteiger partial charge >= 0.3 is 0 Å². The fourth-order valence-electron chi connectivity index (χ4n) is 3.40. The number of benzene rings is 3. The van der Waals surface area contributed by atoms with Gasteiger partial charge in [-0.05, 0) is 42.0 Å². The third-order valence-corrected chi connectivity index (χ3v) is 6.32. The number of para-hydroxylation sites is 1. The molecule has 0 unspecified atom stereocenters. The molecule has 1 N–H and O–H groups in total. The van der Waals surface area contributed by atoms with Gasteiger partial charge in [0.1, 0.15) is 11.5 Å². The highest BCUT2D eigenvalue weighted by molar-refractivity contribution is 7.99. The summed E-state index contributed by atoms with van der Waals surface area (Å²) < 4.78 is 12.1. The first-order chi connectivity index (χ1) is 16.5. The van der Waals surface area contributed by atoms with E-state index in [0.29, 0.717) is 44.8 Å². The number of carbonyl (C=O) groups is 1. The van der Waals surface area contributed by atoms with Crippen molar-refractivity contribution in [3.8, 4) is 11.5 Å². The molecule has 0 aliphatic rings. The second-order valence-electron chi connectivity index (χ2n) is 7.33. The molecule has 9 heteroatoms. The molecule has 0 spiro atoms. The van der Waals surface area contributed by atoms with Crippen molar-refractivity contribution in [1.82, 2.24) is 9.55 Å². The van der Waals surface area contributed by atoms with E-state index >= 15 is 0 Å². The zero-order valence-electron chi connectivity index (χ0n) is 18.6. The van der Waals surface area contributed by atoms with Gasteiger partial charge in [-0.1, -0.05) is 47.6 Å². The second-order valence-corrected chi connectivity index (χ2v) is 8.71. The summed E-state index contributed by atoms with van der Waals surface area (Å²) >= 11 is 7.19. The number of aromatic nitrogens is 2. The Morgan fingerprint density at radius 1 is 1.06 bits per heavy atom. The first-order valence-corrected chi connectivity index (χ1v) is 11.7. The number of amides is 1. The lowest BCUT2D eigenvalue weighted by Gasteiger charge is -2.14. The van der Waals surface area contributed by atoms with Crippen LogP contribution in [0.25, 0.3) is 10.9 Å². The number of halogens is 1. The Labute approximate surface area is 205 Å². The molecule has 4 aromatic rings. The number of nitrogens with zero attached hydrogens (tertiary/aromatic N) is 2. The molecule has 1 heterocycles. The van der Waals surface area contributed by atoms with E-state index in [1.165, 1.54) is 18.9 Å². The van der Waals surface area contributed by atoms with E-state index < -0.39 is 0 Å². The van der Waals surface area contributed by atoms with Gasteiger partial charge in [-0.25, -0.2) is 4.98 Å². The van der Waals surface area contributed by atoms with Gasteiger partial charge in [-0.15, -0.1) is 0 Å². The second kappa shape index (κ2) is 10.6. The molecule has 0 aliphatic carbocycles. The van der Waals surface area contributed by atoms with Crippen LogP contribution < -0.4 is 20.3 Å². The summed E-state index contributed by atoms with van der Waals surface area (Å²) in [6, 6.07) is 19.6. The van der Waals surface area contributed by atoms with Crippen molar-refractivity contribution in [3.05, 3.63) is 87.7 Å². The lowest BCUT2D eigenvalue weighted by molar-refractivity contribution is -0.113. The Balaban J connectivity index is 1.60. The molecule has 1 aromatic heterocycles. The highest BCUT2D eigenvalue weighted by Crippen LogP contribution is 2.29. The molecule has 0 saturated heterocycles. The standard InChI is InChI=1S/C25H22ClN3O4S/c1-32-18-11-12-22(33-2)21(13-18)27-23(30)15-34-25-28-20-6-4-3-5-19(20)24(31)29(25)14-16-7-9-17(26)10-8-16/h3-13H,14-15H2,1-2H3,(H,27,30). The first kappa shape index (κ1) is 23.7. The van der Waals surface area contributed by atoms with Crippen molar-refractivity contribution in [2.24, 2.45) is 0 Å². The molecule has 0 radical (unpaired) electrons. The van der Waals surface area contributed by atoms with Gasteiger partial charge in [0, 0.05) is 11.1 Å². The molecule has 0 aliphatic heterocycles. The van der Waals surface area contributed by atoms with Crippen LogP contribution in [0.15, 0.2) is 76.7 Å². The molecule has 7 nitrogen and oxygen atoms in total. The van der Waals surface area contributed by atoms with E-state index in [1.54, 1.807) is 60.2 Å². The number of anilines is 1. The van der Waals surface area contributed by atoms with Gasteiger partial charge in [0.2, 0.25) is 5.91 Å². The molecule has 34 heavy (non-hydrogen) atoms. The van der Waals surface area contributed by atoms with Gasteiger partial charge < -0.3 is 14.8 Å². The third kappa shape index (κ3) is 5.35. The Morgan fingerprint density at radius 3 is 2.56 bits per heavy atom. The number of hydrogen-bond acceptors (Lipinski definition) is 6. The fraction of sp³-hybridized carbons (Fsp3) is 0.160. The number of fused-ring (bicyclic) bond motifs is 1. The summed E-state index contributed by atoms with van der Waals surface area (Å²) in [5.41, 5.74) is 1.81. The van der Waals surface area contributed by atoms with E-state index in [0.717, 1.165) is 5.56 Å². The van der Waals surface area contributed by atoms with Crippen LogP contribution >= 0.6 is 23.4 Å². The van der Waals surface area contributed by atoms with E-state index in [1.807, 2.05) is 18.2 Å². The number of hydrogen-bond donors (Lipinski definition) is 1. The normalized spacial score (nSPS) is 10.8. The minimum absolute atomic E-state index is 0.0474. The number of ether oxygens (including phenoxy) is 2. The molecule has 3 aromatic carbocycles. The van der Waals surface area contributed by atoms with Crippen LogP contribution in [0.1, 0.15) is 5.56 Å². The van der Waals surface area contributed by atoms with Crippen LogP contribution in [0.5, 0.6) is 11.5 Å². The molecule has 0 fully saturated rings. The van der Waals surface area contributed by atoms with Crippen molar-refractivity contribution in [1.29, 1.82) is 0 Å². The van der Waals surface area contributed by atoms with E-state index in [2.05, 4.69) is 10.3 Å². The zero-order valence-corrected chi connectivity index (χ0v) is 20.2. The minimum Gasteiger partial charge on any atom is -0.497 e. The lowest BCUT2D eigenvalue weighted by atomic mass is 10.2. The van der Waals surface area contributed by atoms with E-state index in [4.69, 9.17) is 21.1 Å². The highest BCUT2D eigenvalue weighted by Gasteiger charge is 2.15. The Bertz CT molecular complexity index is 1390. The fourth-order valence-corrected chi connectivity index (χ4v) is 4.32. The number of nitrogens with one attached hydrogen (secondary N) is 1. The first-order valence-electron chi connectivity index (χ1n) is 10.4. The molecule has 1 amide bonds. The SMILES string of the molecule is COc1ccc(OC)c(NC(=O)CSc2nc3ccccc3c(=O)n2Cc2ccc(Cl)cc2)c1. The van der Waals surface area contributed by atoms with Crippen molar-refractivity contribution in [3.63, 3.8) is 0 Å². The average molecular weight is 496 g/mol. The van der Waals surface area contributed by atoms with Gasteiger partial charge in [0.15, 0.2) is 5.16 Å². The van der Waals surface area contributed by atoms with Crippen LogP contribution in [0.2, 0.25) is 5.02 Å². The summed E-state index contributed by atoms with van der Waals surface area (Å²) in [6.45, 7) is 0.307. The molecule has 4 rings (SSSR count). The maximum Gasteiger partial charge on any atom is 0.262 e. The van der Waals surface area contributed by atoms with Crippen molar-refractivity contribution in [2.45, 2.75) is 11.7 Å². The van der Waals surface area contributed by atoms with Gasteiger partial charge in [-0.2, -0.15) is 0 Å². The lowest BCUT2D eigenvalue weighted by Crippen LogP contribution is -2.25. The van der Waals surface area contributed by atoms with E-state index in [-0.39, 0.29) is 17.2 Å². The van der Waals surface area contributed by atoms with E-state index in [9.17, 15) is 9.59 Å². The average Bonchev–Trinajstić information content (AvgIpc) is 2.86. The maximum absolute atomic E-state index is 13.3. The van der Waals surface area contributed by atoms with Crippen molar-refractivity contribution < 1.29 is 14.3 Å². The van der Waals surface area contributed by atoms with Gasteiger partial charge in [0.25, 0.3) is 5.56 Å². The third-order valence-electron chi connectivity index (χ3n) is 5.09. The topological polar surface area (TPSA) is 82.5 Å². The summed E-state index contributed by atoms with van der Waals surface area (Å²) in [5.74, 6) is 0.891. The van der Waals surface area contributed by atoms with Crippen LogP contribution in [0.4, 0.5) is 5.69 Å². The van der Waals surface area contributed by atoms with Gasteiger partial charge in [0.05, 0.1) is 43.1 Å². The van der Waals surface area contributed by atoms with Crippen LogP contribution in [0.3, 0.4) is 0 Å². The van der Waals surface area contributed by atoms with Crippen LogP contribution in [0, 0.1) is 0 Å². The Hall–Kier alpha value is -3.49. The predicted molar refractivity (Wildman–Crippen MR) is 135 cm³/mol. The molecular weight excluding hydrogens is 474 g/mol. The van der Waals surface area contributed by atoms with Gasteiger partial charge in [-0.3, -0.25) is 14.2 Å². The van der Waals surface area contributed by atoms with Crippen molar-refractivity contribution >= 4 is 45.9 Å². The van der Waals surface area contributed by atoms with Crippen molar-refractivity contribution in [2.75, 3.05) is 25.3 Å². The Kier molecular flexibility index (Phi) is 7.40. The molecule has 0 atom stereocenters. The Morgan fingerprint density at radius 2 is 1.82 bits per heavy atom. The number of carbonyl (C=O) groups excluding carboxylic acids is 1. The summed E-state index contributed by atoms with van der Waals surface area (Å²) in [7, 11) is 3.08. The van der Waals surface area contributed by atoms with Crippen LogP contribution in [-0.4, -0.2) is 35.4 Å². The number of rotatable bonds is 8. The minimum atomic E-state index is -0.267. The number of thioether (sulfide) groups is 1. The maximum atomic E-state index is 13.3. The number of methoxy groups -OCH3 is 2. The smallest absolute Gasteiger partial charge is 0.262 e. The summed E-state index contributed by atoms with van der Waals surface area (Å²) in [6.07, 6.45) is 0. The van der Waals surface area contributed by atoms with Crippen LogP contribution in [-0.2, 0) is 11.3 Å². The predicted octanol–water partition coefficient (Wildman–Crippen LogP) is 4.85. The monoisotopic (exact) mass is 495 g/mol. The summed E-state index contributed by atoms with van der Waals surface area (Å²) in [5, 5.41) is 4.43. The highest BCUT2D eigenvalue weighted by atomic mass is 35.5. The quantitative estimate of drug-likeness (QED) is 0.278. The largest absolute Gasteiger partial charge is 0.497 e. The zero-order chi connectivity index (χ0) is 24.1. The molecule has 0 saturated carbocycles. The molecule has 0 bridgehead atoms. The molecular formula is C25H22ClN3O4S.